The molecule has 1 atom stereocenters. The van der Waals surface area contributed by atoms with E-state index in [0.717, 1.165) is 12.1 Å². The molecule has 124 valence electrons. The number of esters is 1. The van der Waals surface area contributed by atoms with E-state index >= 15 is 0 Å². The molecule has 0 spiro atoms. The van der Waals surface area contributed by atoms with Crippen LogP contribution in [-0.2, 0) is 22.1 Å². The topological polar surface area (TPSA) is 55.4 Å². The van der Waals surface area contributed by atoms with Gasteiger partial charge in [-0.15, -0.1) is 0 Å². The average molecular weight is 335 g/mol. The van der Waals surface area contributed by atoms with Crippen LogP contribution in [0.25, 0.3) is 0 Å². The highest BCUT2D eigenvalue weighted by Crippen LogP contribution is 2.31. The number of alkyl halides is 3. The summed E-state index contributed by atoms with van der Waals surface area (Å²) in [5.41, 5.74) is 0.176. The number of amides is 1. The van der Waals surface area contributed by atoms with Crippen LogP contribution in [0.15, 0.2) is 48.5 Å². The number of carbonyl (C=O) groups excluding carboxylic acids is 2. The van der Waals surface area contributed by atoms with Crippen LogP contribution in [0.2, 0.25) is 0 Å². The molecule has 24 heavy (non-hydrogen) atoms. The highest BCUT2D eigenvalue weighted by atomic mass is 19.4. The first-order valence-corrected chi connectivity index (χ1v) is 7.11. The molecule has 0 saturated heterocycles. The number of fused-ring (bicyclic) bond motifs is 1. The molecule has 0 radical (unpaired) electrons. The molecule has 2 aromatic rings. The van der Waals surface area contributed by atoms with Crippen molar-refractivity contribution in [1.29, 1.82) is 0 Å². The zero-order chi connectivity index (χ0) is 17.3. The maximum absolute atomic E-state index is 12.7. The second-order valence-corrected chi connectivity index (χ2v) is 5.32. The van der Waals surface area contributed by atoms with Crippen LogP contribution in [-0.4, -0.2) is 18.0 Å². The Kier molecular flexibility index (Phi) is 4.01. The summed E-state index contributed by atoms with van der Waals surface area (Å²) in [5.74, 6) is -1.29. The molecular formula is C17H12F3NO3. The van der Waals surface area contributed by atoms with Crippen LogP contribution in [0.4, 0.5) is 18.9 Å². The molecule has 0 aromatic heterocycles. The van der Waals surface area contributed by atoms with Crippen molar-refractivity contribution in [3.63, 3.8) is 0 Å². The molecule has 1 N–H and O–H groups in total. The molecule has 0 fully saturated rings. The molecule has 0 saturated carbocycles. The minimum Gasteiger partial charge on any atom is -0.448 e. The summed E-state index contributed by atoms with van der Waals surface area (Å²) in [6.45, 7) is 0. The maximum atomic E-state index is 12.7. The quantitative estimate of drug-likeness (QED) is 0.856. The second-order valence-electron chi connectivity index (χ2n) is 5.32. The molecule has 0 unspecified atom stereocenters. The van der Waals surface area contributed by atoms with Gasteiger partial charge in [-0.05, 0) is 29.8 Å². The van der Waals surface area contributed by atoms with E-state index in [1.807, 2.05) is 0 Å². The van der Waals surface area contributed by atoms with Gasteiger partial charge in [0.2, 0.25) is 0 Å². The zero-order valence-corrected chi connectivity index (χ0v) is 12.3. The number of carbonyl (C=O) groups is 2. The molecule has 0 bridgehead atoms. The molecule has 1 aliphatic heterocycles. The van der Waals surface area contributed by atoms with E-state index in [4.69, 9.17) is 4.74 Å². The Hall–Kier alpha value is -2.83. The summed E-state index contributed by atoms with van der Waals surface area (Å²) < 4.78 is 43.2. The van der Waals surface area contributed by atoms with Gasteiger partial charge in [0.05, 0.1) is 11.1 Å². The van der Waals surface area contributed by atoms with E-state index in [0.29, 0.717) is 11.1 Å². The summed E-state index contributed by atoms with van der Waals surface area (Å²) in [6, 6.07) is 11.0. The molecule has 0 aliphatic carbocycles. The first kappa shape index (κ1) is 16.0. The van der Waals surface area contributed by atoms with E-state index in [1.54, 1.807) is 24.3 Å². The van der Waals surface area contributed by atoms with Crippen LogP contribution in [0.3, 0.4) is 0 Å². The minimum atomic E-state index is -4.50. The summed E-state index contributed by atoms with van der Waals surface area (Å²) in [4.78, 5) is 24.1. The van der Waals surface area contributed by atoms with Crippen molar-refractivity contribution in [1.82, 2.24) is 0 Å². The lowest BCUT2D eigenvalue weighted by Crippen LogP contribution is -2.38. The van der Waals surface area contributed by atoms with Crippen LogP contribution < -0.4 is 5.32 Å². The molecule has 1 aliphatic rings. The SMILES string of the molecule is O=C1O[C@@H](C(=O)Nc2cccc(C(F)(F)F)c2)Cc2ccccc21. The molecule has 2 aromatic carbocycles. The first-order chi connectivity index (χ1) is 11.3. The van der Waals surface area contributed by atoms with E-state index in [1.165, 1.54) is 12.1 Å². The summed E-state index contributed by atoms with van der Waals surface area (Å²) in [5, 5.41) is 2.36. The van der Waals surface area contributed by atoms with Crippen molar-refractivity contribution in [2.24, 2.45) is 0 Å². The number of anilines is 1. The van der Waals surface area contributed by atoms with Gasteiger partial charge in [-0.25, -0.2) is 4.79 Å². The highest BCUT2D eigenvalue weighted by molar-refractivity contribution is 6.00. The Balaban J connectivity index is 1.76. The lowest BCUT2D eigenvalue weighted by Gasteiger charge is -2.23. The molecule has 3 rings (SSSR count). The number of hydrogen-bond acceptors (Lipinski definition) is 3. The Morgan fingerprint density at radius 3 is 2.62 bits per heavy atom. The van der Waals surface area contributed by atoms with Crippen molar-refractivity contribution in [2.75, 3.05) is 5.32 Å². The van der Waals surface area contributed by atoms with Crippen LogP contribution >= 0.6 is 0 Å². The third kappa shape index (κ3) is 3.24. The fourth-order valence-electron chi connectivity index (χ4n) is 2.47. The van der Waals surface area contributed by atoms with Gasteiger partial charge in [0, 0.05) is 12.1 Å². The number of cyclic esters (lactones) is 1. The highest BCUT2D eigenvalue weighted by Gasteiger charge is 2.32. The lowest BCUT2D eigenvalue weighted by molar-refractivity contribution is -0.137. The Bertz CT molecular complexity index is 802. The summed E-state index contributed by atoms with van der Waals surface area (Å²) >= 11 is 0. The van der Waals surface area contributed by atoms with Crippen LogP contribution in [0, 0.1) is 0 Å². The lowest BCUT2D eigenvalue weighted by atomic mass is 9.98. The molecule has 7 heteroatoms. The van der Waals surface area contributed by atoms with Gasteiger partial charge in [-0.3, -0.25) is 4.79 Å². The van der Waals surface area contributed by atoms with Gasteiger partial charge < -0.3 is 10.1 Å². The second kappa shape index (κ2) is 5.99. The van der Waals surface area contributed by atoms with Crippen molar-refractivity contribution in [3.8, 4) is 0 Å². The summed E-state index contributed by atoms with van der Waals surface area (Å²) in [7, 11) is 0. The smallest absolute Gasteiger partial charge is 0.416 e. The van der Waals surface area contributed by atoms with Crippen molar-refractivity contribution in [3.05, 3.63) is 65.2 Å². The molecule has 1 heterocycles. The Morgan fingerprint density at radius 1 is 1.12 bits per heavy atom. The van der Waals surface area contributed by atoms with Gasteiger partial charge in [0.1, 0.15) is 0 Å². The average Bonchev–Trinajstić information content (AvgIpc) is 2.54. The number of halogens is 3. The fourth-order valence-corrected chi connectivity index (χ4v) is 2.47. The normalized spacial score (nSPS) is 17.0. The third-order valence-corrected chi connectivity index (χ3v) is 3.64. The van der Waals surface area contributed by atoms with Gasteiger partial charge in [-0.2, -0.15) is 13.2 Å². The van der Waals surface area contributed by atoms with Crippen LogP contribution in [0.1, 0.15) is 21.5 Å². The van der Waals surface area contributed by atoms with Crippen LogP contribution in [0.5, 0.6) is 0 Å². The molecular weight excluding hydrogens is 323 g/mol. The van der Waals surface area contributed by atoms with Gasteiger partial charge >= 0.3 is 12.1 Å². The van der Waals surface area contributed by atoms with E-state index in [2.05, 4.69) is 5.32 Å². The van der Waals surface area contributed by atoms with E-state index < -0.39 is 29.7 Å². The third-order valence-electron chi connectivity index (χ3n) is 3.64. The Morgan fingerprint density at radius 2 is 1.88 bits per heavy atom. The zero-order valence-electron chi connectivity index (χ0n) is 12.3. The number of nitrogens with one attached hydrogen (secondary N) is 1. The number of rotatable bonds is 2. The van der Waals surface area contributed by atoms with E-state index in [-0.39, 0.29) is 12.1 Å². The monoisotopic (exact) mass is 335 g/mol. The number of ether oxygens (including phenoxy) is 1. The summed E-state index contributed by atoms with van der Waals surface area (Å²) in [6.07, 6.45) is -5.41. The number of benzene rings is 2. The van der Waals surface area contributed by atoms with Crippen molar-refractivity contribution >= 4 is 17.6 Å². The standard InChI is InChI=1S/C17H12F3NO3/c18-17(19,20)11-5-3-6-12(9-11)21-15(22)14-8-10-4-1-2-7-13(10)16(23)24-14/h1-7,9,14H,8H2,(H,21,22)/t14-/m1/s1. The predicted octanol–water partition coefficient (Wildman–Crippen LogP) is 3.43. The predicted molar refractivity (Wildman–Crippen MR) is 79.4 cm³/mol. The van der Waals surface area contributed by atoms with Gasteiger partial charge in [0.15, 0.2) is 6.10 Å². The first-order valence-electron chi connectivity index (χ1n) is 7.11. The Labute approximate surface area is 135 Å². The van der Waals surface area contributed by atoms with E-state index in [9.17, 15) is 22.8 Å². The number of hydrogen-bond donors (Lipinski definition) is 1. The largest absolute Gasteiger partial charge is 0.448 e. The van der Waals surface area contributed by atoms with Crippen molar-refractivity contribution in [2.45, 2.75) is 18.7 Å². The van der Waals surface area contributed by atoms with Crippen molar-refractivity contribution < 1.29 is 27.5 Å². The fraction of sp³-hybridized carbons (Fsp3) is 0.176. The van der Waals surface area contributed by atoms with Gasteiger partial charge in [-0.1, -0.05) is 24.3 Å². The molecule has 1 amide bonds. The maximum Gasteiger partial charge on any atom is 0.416 e. The molecule has 4 nitrogen and oxygen atoms in total. The minimum absolute atomic E-state index is 0.00951. The van der Waals surface area contributed by atoms with Gasteiger partial charge in [0.25, 0.3) is 5.91 Å².